The normalized spacial score (nSPS) is 13.5. The number of pyridine rings is 1. The topological polar surface area (TPSA) is 34.0 Å². The quantitative estimate of drug-likeness (QED) is 0.785. The monoisotopic (exact) mass is 328 g/mol. The van der Waals surface area contributed by atoms with Gasteiger partial charge in [0, 0.05) is 42.8 Å². The molecule has 4 nitrogen and oxygen atoms in total. The van der Waals surface area contributed by atoms with E-state index in [2.05, 4.69) is 75.2 Å². The van der Waals surface area contributed by atoms with Gasteiger partial charge in [0.1, 0.15) is 0 Å². The molecule has 0 aromatic carbocycles. The molecule has 0 radical (unpaired) electrons. The van der Waals surface area contributed by atoms with Crippen molar-refractivity contribution < 1.29 is 0 Å². The van der Waals surface area contributed by atoms with Gasteiger partial charge in [-0.15, -0.1) is 0 Å². The first-order valence-corrected chi connectivity index (χ1v) is 8.92. The van der Waals surface area contributed by atoms with Crippen molar-refractivity contribution in [2.45, 2.75) is 79.6 Å². The van der Waals surface area contributed by atoms with Gasteiger partial charge in [0.15, 0.2) is 0 Å². The van der Waals surface area contributed by atoms with Crippen LogP contribution < -0.4 is 0 Å². The molecule has 0 fully saturated rings. The zero-order valence-corrected chi connectivity index (χ0v) is 16.3. The maximum absolute atomic E-state index is 4.81. The molecule has 24 heavy (non-hydrogen) atoms. The lowest BCUT2D eigenvalue weighted by atomic mass is 10.1. The minimum Gasteiger partial charge on any atom is -0.292 e. The van der Waals surface area contributed by atoms with Gasteiger partial charge in [0.25, 0.3) is 0 Å². The van der Waals surface area contributed by atoms with Gasteiger partial charge < -0.3 is 0 Å². The fourth-order valence-corrected chi connectivity index (χ4v) is 3.11. The molecule has 2 aromatic rings. The number of rotatable bonds is 6. The lowest BCUT2D eigenvalue weighted by Gasteiger charge is -2.29. The highest BCUT2D eigenvalue weighted by Gasteiger charge is 2.23. The van der Waals surface area contributed by atoms with E-state index < -0.39 is 0 Å². The summed E-state index contributed by atoms with van der Waals surface area (Å²) >= 11 is 0. The van der Waals surface area contributed by atoms with Crippen molar-refractivity contribution >= 4 is 0 Å². The Labute approximate surface area is 146 Å². The minimum atomic E-state index is 0.0133. The van der Waals surface area contributed by atoms with Gasteiger partial charge in [-0.25, -0.2) is 0 Å². The molecule has 0 aliphatic heterocycles. The van der Waals surface area contributed by atoms with Gasteiger partial charge in [0.2, 0.25) is 0 Å². The number of hydrogen-bond donors (Lipinski definition) is 0. The van der Waals surface area contributed by atoms with E-state index in [0.717, 1.165) is 25.2 Å². The van der Waals surface area contributed by atoms with E-state index in [1.807, 2.05) is 12.4 Å². The highest BCUT2D eigenvalue weighted by atomic mass is 15.3. The van der Waals surface area contributed by atoms with E-state index in [1.165, 1.54) is 16.8 Å². The Kier molecular flexibility index (Phi) is 5.81. The Morgan fingerprint density at radius 1 is 1.12 bits per heavy atom. The zero-order valence-electron chi connectivity index (χ0n) is 16.3. The lowest BCUT2D eigenvalue weighted by Crippen LogP contribution is -2.32. The highest BCUT2D eigenvalue weighted by Crippen LogP contribution is 2.24. The number of aryl methyl sites for hydroxylation is 1. The predicted molar refractivity (Wildman–Crippen MR) is 99.9 cm³/mol. The fourth-order valence-electron chi connectivity index (χ4n) is 3.11. The van der Waals surface area contributed by atoms with Gasteiger partial charge >= 0.3 is 0 Å². The Morgan fingerprint density at radius 2 is 1.75 bits per heavy atom. The number of aromatic nitrogens is 3. The van der Waals surface area contributed by atoms with Crippen LogP contribution in [-0.4, -0.2) is 25.7 Å². The van der Waals surface area contributed by atoms with Crippen LogP contribution in [0.1, 0.15) is 63.6 Å². The Morgan fingerprint density at radius 3 is 2.25 bits per heavy atom. The van der Waals surface area contributed by atoms with Crippen molar-refractivity contribution in [1.29, 1.82) is 0 Å². The summed E-state index contributed by atoms with van der Waals surface area (Å²) in [5, 5.41) is 4.81. The zero-order chi connectivity index (χ0) is 17.9. The summed E-state index contributed by atoms with van der Waals surface area (Å²) in [5.41, 5.74) is 5.11. The van der Waals surface area contributed by atoms with E-state index in [1.54, 1.807) is 0 Å². The first-order valence-electron chi connectivity index (χ1n) is 8.92. The SMILES string of the molecule is CCC(C)N(Cc1ccncc1)Cc1c(C)nn(C(C)(C)C)c1C. The summed E-state index contributed by atoms with van der Waals surface area (Å²) in [7, 11) is 0. The molecule has 2 rings (SSSR count). The van der Waals surface area contributed by atoms with Crippen molar-refractivity contribution in [2.24, 2.45) is 0 Å². The Hall–Kier alpha value is -1.68. The largest absolute Gasteiger partial charge is 0.292 e. The van der Waals surface area contributed by atoms with E-state index in [-0.39, 0.29) is 5.54 Å². The third kappa shape index (κ3) is 4.23. The van der Waals surface area contributed by atoms with Crippen LogP contribution >= 0.6 is 0 Å². The second kappa shape index (κ2) is 7.47. The summed E-state index contributed by atoms with van der Waals surface area (Å²) < 4.78 is 2.17. The molecule has 0 amide bonds. The molecule has 0 saturated heterocycles. The molecule has 0 bridgehead atoms. The molecule has 4 heteroatoms. The van der Waals surface area contributed by atoms with Crippen LogP contribution in [0.5, 0.6) is 0 Å². The fraction of sp³-hybridized carbons (Fsp3) is 0.600. The maximum atomic E-state index is 4.81. The first-order chi connectivity index (χ1) is 11.2. The molecule has 2 heterocycles. The first kappa shape index (κ1) is 18.7. The summed E-state index contributed by atoms with van der Waals surface area (Å²) in [6.45, 7) is 17.4. The van der Waals surface area contributed by atoms with E-state index >= 15 is 0 Å². The summed E-state index contributed by atoms with van der Waals surface area (Å²) in [4.78, 5) is 6.67. The summed E-state index contributed by atoms with van der Waals surface area (Å²) in [6.07, 6.45) is 4.88. The lowest BCUT2D eigenvalue weighted by molar-refractivity contribution is 0.185. The van der Waals surface area contributed by atoms with Gasteiger partial charge in [-0.1, -0.05) is 6.92 Å². The van der Waals surface area contributed by atoms with Gasteiger partial charge in [-0.3, -0.25) is 14.6 Å². The van der Waals surface area contributed by atoms with Crippen LogP contribution in [0.25, 0.3) is 0 Å². The predicted octanol–water partition coefficient (Wildman–Crippen LogP) is 4.45. The molecule has 1 unspecified atom stereocenters. The average Bonchev–Trinajstić information content (AvgIpc) is 2.82. The van der Waals surface area contributed by atoms with Crippen molar-refractivity contribution in [1.82, 2.24) is 19.7 Å². The Bertz CT molecular complexity index is 652. The molecular formula is C20H32N4. The number of hydrogen-bond acceptors (Lipinski definition) is 3. The molecule has 0 saturated carbocycles. The molecule has 1 atom stereocenters. The van der Waals surface area contributed by atoms with Crippen LogP contribution in [0, 0.1) is 13.8 Å². The molecule has 132 valence electrons. The maximum Gasteiger partial charge on any atom is 0.0641 e. The van der Waals surface area contributed by atoms with Crippen molar-refractivity contribution in [3.05, 3.63) is 47.0 Å². The molecule has 0 spiro atoms. The molecule has 0 N–H and O–H groups in total. The number of nitrogens with zero attached hydrogens (tertiary/aromatic N) is 4. The van der Waals surface area contributed by atoms with Crippen molar-refractivity contribution in [3.8, 4) is 0 Å². The molecule has 2 aromatic heterocycles. The average molecular weight is 329 g/mol. The standard InChI is InChI=1S/C20H32N4/c1-8-15(2)23(13-18-9-11-21-12-10-18)14-19-16(3)22-24(17(19)4)20(5,6)7/h9-12,15H,8,13-14H2,1-7H3. The third-order valence-corrected chi connectivity index (χ3v) is 4.79. The van der Waals surface area contributed by atoms with E-state index in [0.29, 0.717) is 6.04 Å². The van der Waals surface area contributed by atoms with Crippen LogP contribution in [0.15, 0.2) is 24.5 Å². The minimum absolute atomic E-state index is 0.0133. The molecule has 0 aliphatic carbocycles. The Balaban J connectivity index is 2.29. The van der Waals surface area contributed by atoms with Gasteiger partial charge in [0.05, 0.1) is 11.2 Å². The molecule has 0 aliphatic rings. The molecular weight excluding hydrogens is 296 g/mol. The van der Waals surface area contributed by atoms with E-state index in [9.17, 15) is 0 Å². The second-order valence-corrected chi connectivity index (χ2v) is 7.75. The van der Waals surface area contributed by atoms with Crippen molar-refractivity contribution in [2.75, 3.05) is 0 Å². The van der Waals surface area contributed by atoms with Crippen molar-refractivity contribution in [3.63, 3.8) is 0 Å². The summed E-state index contributed by atoms with van der Waals surface area (Å²) in [5.74, 6) is 0. The van der Waals surface area contributed by atoms with Gasteiger partial charge in [-0.2, -0.15) is 5.10 Å². The van der Waals surface area contributed by atoms with E-state index in [4.69, 9.17) is 5.10 Å². The van der Waals surface area contributed by atoms with Crippen LogP contribution in [-0.2, 0) is 18.6 Å². The van der Waals surface area contributed by atoms with Crippen LogP contribution in [0.4, 0.5) is 0 Å². The van der Waals surface area contributed by atoms with Crippen LogP contribution in [0.2, 0.25) is 0 Å². The van der Waals surface area contributed by atoms with Gasteiger partial charge in [-0.05, 0) is 65.7 Å². The summed E-state index contributed by atoms with van der Waals surface area (Å²) in [6, 6.07) is 4.73. The highest BCUT2D eigenvalue weighted by molar-refractivity contribution is 5.25. The smallest absolute Gasteiger partial charge is 0.0641 e. The van der Waals surface area contributed by atoms with Crippen LogP contribution in [0.3, 0.4) is 0 Å². The third-order valence-electron chi connectivity index (χ3n) is 4.79. The second-order valence-electron chi connectivity index (χ2n) is 7.75.